The Bertz CT molecular complexity index is 1080. The lowest BCUT2D eigenvalue weighted by Crippen LogP contribution is -2.44. The highest BCUT2D eigenvalue weighted by molar-refractivity contribution is 14.1. The smallest absolute Gasteiger partial charge is 0.351 e. The van der Waals surface area contributed by atoms with Crippen LogP contribution in [-0.4, -0.2) is 54.8 Å². The minimum absolute atomic E-state index is 0.0810. The fourth-order valence-electron chi connectivity index (χ4n) is 3.37. The third-order valence-corrected chi connectivity index (χ3v) is 12.1. The van der Waals surface area contributed by atoms with Gasteiger partial charge in [0.15, 0.2) is 14.1 Å². The van der Waals surface area contributed by atoms with Crippen LogP contribution < -0.4 is 11.0 Å². The van der Waals surface area contributed by atoms with Gasteiger partial charge in [-0.25, -0.2) is 4.79 Å². The zero-order valence-electron chi connectivity index (χ0n) is 21.0. The van der Waals surface area contributed by atoms with Crippen molar-refractivity contribution in [2.24, 2.45) is 0 Å². The fraction of sp³-hybridized carbons (Fsp3) is 0.542. The van der Waals surface area contributed by atoms with Crippen LogP contribution in [0.5, 0.6) is 0 Å². The number of carbonyl (C=O) groups is 1. The number of hydrogen-bond donors (Lipinski definition) is 1. The molecule has 0 unspecified atom stereocenters. The number of ether oxygens (including phenoxy) is 2. The number of thioether (sulfide) groups is 1. The van der Waals surface area contributed by atoms with Crippen LogP contribution in [0.1, 0.15) is 43.8 Å². The van der Waals surface area contributed by atoms with Crippen molar-refractivity contribution in [2.75, 3.05) is 24.1 Å². The van der Waals surface area contributed by atoms with E-state index in [0.29, 0.717) is 28.1 Å². The molecule has 0 bridgehead atoms. The van der Waals surface area contributed by atoms with Crippen molar-refractivity contribution in [3.05, 3.63) is 56.1 Å². The molecule has 3 atom stereocenters. The van der Waals surface area contributed by atoms with E-state index in [1.54, 1.807) is 42.2 Å². The second kappa shape index (κ2) is 11.9. The Morgan fingerprint density at radius 1 is 1.31 bits per heavy atom. The van der Waals surface area contributed by atoms with Crippen molar-refractivity contribution < 1.29 is 18.7 Å². The zero-order valence-corrected chi connectivity index (χ0v) is 25.0. The van der Waals surface area contributed by atoms with Gasteiger partial charge >= 0.3 is 5.69 Å². The van der Waals surface area contributed by atoms with Gasteiger partial charge in [-0.15, -0.1) is 11.8 Å². The Hall–Kier alpha value is -1.25. The van der Waals surface area contributed by atoms with Crippen molar-refractivity contribution >= 4 is 54.4 Å². The second-order valence-electron chi connectivity index (χ2n) is 10.00. The number of carbonyl (C=O) groups excluding carboxylic acids is 1. The lowest BCUT2D eigenvalue weighted by molar-refractivity contribution is -0.0529. The first kappa shape index (κ1) is 28.3. The van der Waals surface area contributed by atoms with Crippen LogP contribution in [-0.2, 0) is 13.9 Å². The molecule has 1 amide bonds. The molecule has 192 valence electrons. The highest BCUT2D eigenvalue weighted by atomic mass is 127. The summed E-state index contributed by atoms with van der Waals surface area (Å²) in [4.78, 5) is 29.6. The Morgan fingerprint density at radius 2 is 2.00 bits per heavy atom. The normalized spacial score (nSPS) is 20.7. The van der Waals surface area contributed by atoms with Crippen molar-refractivity contribution in [1.82, 2.24) is 9.55 Å². The first-order valence-electron chi connectivity index (χ1n) is 11.5. The largest absolute Gasteiger partial charge is 0.414 e. The van der Waals surface area contributed by atoms with Crippen LogP contribution in [0.2, 0.25) is 18.1 Å². The number of nitrogens with one attached hydrogen (secondary N) is 1. The molecule has 0 radical (unpaired) electrons. The maximum Gasteiger partial charge on any atom is 0.351 e. The van der Waals surface area contributed by atoms with Crippen molar-refractivity contribution in [2.45, 2.75) is 63.8 Å². The third-order valence-electron chi connectivity index (χ3n) is 6.48. The van der Waals surface area contributed by atoms with Gasteiger partial charge in [-0.05, 0) is 59.1 Å². The van der Waals surface area contributed by atoms with Crippen LogP contribution in [0, 0.1) is 3.57 Å². The minimum atomic E-state index is -1.97. The lowest BCUT2D eigenvalue weighted by Gasteiger charge is -2.37. The molecule has 1 N–H and O–H groups in total. The van der Waals surface area contributed by atoms with Gasteiger partial charge in [-0.1, -0.05) is 39.0 Å². The Balaban J connectivity index is 1.76. The van der Waals surface area contributed by atoms with Gasteiger partial charge in [-0.2, -0.15) is 4.98 Å². The minimum Gasteiger partial charge on any atom is -0.414 e. The van der Waals surface area contributed by atoms with E-state index in [1.807, 2.05) is 12.3 Å². The molecular formula is C24H34IN3O5SSi. The predicted molar refractivity (Wildman–Crippen MR) is 151 cm³/mol. The molecule has 1 saturated heterocycles. The van der Waals surface area contributed by atoms with E-state index < -0.39 is 20.2 Å². The third kappa shape index (κ3) is 7.16. The van der Waals surface area contributed by atoms with Crippen LogP contribution in [0.25, 0.3) is 0 Å². The monoisotopic (exact) mass is 631 g/mol. The number of aromatic nitrogens is 2. The molecular weight excluding hydrogens is 597 g/mol. The first-order valence-corrected chi connectivity index (χ1v) is 16.9. The maximum absolute atomic E-state index is 12.9. The summed E-state index contributed by atoms with van der Waals surface area (Å²) in [7, 11) is -1.97. The van der Waals surface area contributed by atoms with Gasteiger partial charge in [-0.3, -0.25) is 9.36 Å². The Labute approximate surface area is 225 Å². The number of nitrogens with zero attached hydrogens (tertiary/aromatic N) is 2. The molecule has 0 spiro atoms. The second-order valence-corrected chi connectivity index (χ2v) is 16.8. The topological polar surface area (TPSA) is 91.7 Å². The Morgan fingerprint density at radius 3 is 2.63 bits per heavy atom. The number of halogens is 1. The van der Waals surface area contributed by atoms with Crippen molar-refractivity contribution in [1.29, 1.82) is 0 Å². The Kier molecular flexibility index (Phi) is 9.60. The van der Waals surface area contributed by atoms with Crippen LogP contribution in [0.3, 0.4) is 0 Å². The number of anilines is 1. The number of rotatable bonds is 9. The molecule has 2 aromatic rings. The molecule has 2 heterocycles. The van der Waals surface area contributed by atoms with E-state index in [4.69, 9.17) is 13.9 Å². The fourth-order valence-corrected chi connectivity index (χ4v) is 5.25. The van der Waals surface area contributed by atoms with Gasteiger partial charge < -0.3 is 19.2 Å². The molecule has 1 aliphatic rings. The summed E-state index contributed by atoms with van der Waals surface area (Å²) < 4.78 is 20.8. The van der Waals surface area contributed by atoms with Crippen LogP contribution in [0.4, 0.5) is 5.82 Å². The predicted octanol–water partition coefficient (Wildman–Crippen LogP) is 5.12. The maximum atomic E-state index is 12.9. The first-order chi connectivity index (χ1) is 16.4. The van der Waals surface area contributed by atoms with E-state index in [9.17, 15) is 9.59 Å². The number of amides is 1. The zero-order chi connectivity index (χ0) is 25.8. The van der Waals surface area contributed by atoms with E-state index in [-0.39, 0.29) is 29.0 Å². The van der Waals surface area contributed by atoms with Crippen LogP contribution in [0.15, 0.2) is 41.3 Å². The summed E-state index contributed by atoms with van der Waals surface area (Å²) in [6, 6.07) is 8.81. The molecule has 1 aromatic carbocycles. The summed E-state index contributed by atoms with van der Waals surface area (Å²) in [5.41, 5.74) is 0.000112. The summed E-state index contributed by atoms with van der Waals surface area (Å²) >= 11 is 3.66. The summed E-state index contributed by atoms with van der Waals surface area (Å²) in [5, 5.41) is 2.81. The molecule has 0 aliphatic carbocycles. The van der Waals surface area contributed by atoms with Crippen LogP contribution >= 0.6 is 34.4 Å². The van der Waals surface area contributed by atoms with E-state index in [1.165, 1.54) is 4.57 Å². The quantitative estimate of drug-likeness (QED) is 0.234. The average molecular weight is 632 g/mol. The van der Waals surface area contributed by atoms with Gasteiger partial charge in [0.25, 0.3) is 5.91 Å². The highest BCUT2D eigenvalue weighted by Crippen LogP contribution is 2.38. The average Bonchev–Trinajstić information content (AvgIpc) is 3.21. The van der Waals surface area contributed by atoms with Crippen molar-refractivity contribution in [3.63, 3.8) is 0 Å². The molecule has 11 heteroatoms. The molecule has 8 nitrogen and oxygen atoms in total. The van der Waals surface area contributed by atoms with Gasteiger partial charge in [0, 0.05) is 18.2 Å². The van der Waals surface area contributed by atoms with Crippen molar-refractivity contribution in [3.8, 4) is 0 Å². The number of hydrogen-bond acceptors (Lipinski definition) is 7. The summed E-state index contributed by atoms with van der Waals surface area (Å²) in [6.45, 7) is 11.4. The highest BCUT2D eigenvalue weighted by Gasteiger charge is 2.42. The SMILES string of the molecule is CSCO[C@H]1C[C@@H](n2cc(I)c(NC(=O)c3ccccc3)nc2=O)O[C@H]1CO[Si](C)(C)C(C)(C)C. The van der Waals surface area contributed by atoms with E-state index >= 15 is 0 Å². The summed E-state index contributed by atoms with van der Waals surface area (Å²) in [6.07, 6.45) is 3.15. The van der Waals surface area contributed by atoms with E-state index in [2.05, 4.69) is 66.8 Å². The molecule has 3 rings (SSSR count). The van der Waals surface area contributed by atoms with E-state index in [0.717, 1.165) is 0 Å². The summed E-state index contributed by atoms with van der Waals surface area (Å²) in [5.74, 6) is 0.442. The number of benzene rings is 1. The molecule has 1 fully saturated rings. The van der Waals surface area contributed by atoms with Gasteiger partial charge in [0.1, 0.15) is 12.3 Å². The molecule has 35 heavy (non-hydrogen) atoms. The lowest BCUT2D eigenvalue weighted by atomic mass is 10.2. The van der Waals surface area contributed by atoms with Gasteiger partial charge in [0.2, 0.25) is 0 Å². The molecule has 1 aliphatic heterocycles. The molecule has 0 saturated carbocycles. The van der Waals surface area contributed by atoms with Gasteiger partial charge in [0.05, 0.1) is 22.2 Å². The standard InChI is InChI=1S/C24H34IN3O5SSi/c1-24(2,3)35(5,6)32-14-19-18(31-15-34-4)12-20(33-19)28-13-17(25)21(27-23(28)30)26-22(29)16-10-8-7-9-11-16/h7-11,13,18-20H,12,14-15H2,1-6H3,(H,26,27,29,30)/t18-,19-,20-/m0/s1. The molecule has 1 aromatic heterocycles.